The first-order valence-electron chi connectivity index (χ1n) is 13.2. The Hall–Kier alpha value is -4.70. The molecule has 3 aromatic heterocycles. The highest BCUT2D eigenvalue weighted by Gasteiger charge is 2.30. The molecule has 5 aromatic rings. The van der Waals surface area contributed by atoms with Crippen molar-refractivity contribution in [1.82, 2.24) is 29.7 Å². The smallest absolute Gasteiger partial charge is 0.278 e. The van der Waals surface area contributed by atoms with Gasteiger partial charge in [0.05, 0.1) is 11.9 Å². The SMILES string of the molecule is CN1CCN(c2cccc(NC(=O)c3nn4c(-c5cn[nH]c5)ccnc4c3N3Cc4ccccc4C3)c2)CC1. The molecule has 2 aliphatic rings. The molecular weight excluding hydrogens is 490 g/mol. The van der Waals surface area contributed by atoms with Crippen molar-refractivity contribution < 1.29 is 4.79 Å². The van der Waals surface area contributed by atoms with E-state index in [0.717, 1.165) is 54.5 Å². The van der Waals surface area contributed by atoms with Crippen molar-refractivity contribution in [3.05, 3.63) is 90.0 Å². The predicted octanol–water partition coefficient (Wildman–Crippen LogP) is 3.64. The maximum Gasteiger partial charge on any atom is 0.278 e. The van der Waals surface area contributed by atoms with Crippen LogP contribution in [0.3, 0.4) is 0 Å². The Balaban J connectivity index is 1.26. The molecule has 2 N–H and O–H groups in total. The second-order valence-electron chi connectivity index (χ2n) is 10.2. The molecule has 5 heterocycles. The third-order valence-electron chi connectivity index (χ3n) is 7.63. The molecule has 0 unspecified atom stereocenters. The standard InChI is InChI=1S/C29H29N9O/c1-35-11-13-36(14-12-35)24-8-4-7-23(15-24)33-29(39)26-27(37-18-20-5-2-3-6-21(20)19-37)28-30-10-9-25(38(28)34-26)22-16-31-32-17-22/h2-10,15-17H,11-14,18-19H2,1H3,(H,31,32)(H,33,39). The van der Waals surface area contributed by atoms with E-state index in [1.807, 2.05) is 30.5 Å². The Labute approximate surface area is 225 Å². The number of fused-ring (bicyclic) bond motifs is 2. The molecule has 1 saturated heterocycles. The van der Waals surface area contributed by atoms with Crippen LogP contribution in [0.4, 0.5) is 17.1 Å². The fourth-order valence-electron chi connectivity index (χ4n) is 5.51. The highest BCUT2D eigenvalue weighted by molar-refractivity contribution is 6.09. The molecule has 196 valence electrons. The molecule has 7 rings (SSSR count). The summed E-state index contributed by atoms with van der Waals surface area (Å²) in [6.07, 6.45) is 5.31. The van der Waals surface area contributed by atoms with Crippen LogP contribution in [0.25, 0.3) is 16.9 Å². The fraction of sp³-hybridized carbons (Fsp3) is 0.241. The van der Waals surface area contributed by atoms with E-state index in [4.69, 9.17) is 5.10 Å². The van der Waals surface area contributed by atoms with Crippen LogP contribution in [-0.4, -0.2) is 68.8 Å². The summed E-state index contributed by atoms with van der Waals surface area (Å²) in [5, 5.41) is 14.9. The molecule has 0 atom stereocenters. The Morgan fingerprint density at radius 3 is 2.49 bits per heavy atom. The van der Waals surface area contributed by atoms with Crippen LogP contribution in [0.1, 0.15) is 21.6 Å². The van der Waals surface area contributed by atoms with Crippen LogP contribution in [0.15, 0.2) is 73.2 Å². The van der Waals surface area contributed by atoms with Crippen molar-refractivity contribution in [2.24, 2.45) is 0 Å². The highest BCUT2D eigenvalue weighted by atomic mass is 16.2. The van der Waals surface area contributed by atoms with Crippen molar-refractivity contribution >= 4 is 28.6 Å². The first-order chi connectivity index (χ1) is 19.1. The zero-order valence-electron chi connectivity index (χ0n) is 21.7. The number of benzene rings is 2. The zero-order chi connectivity index (χ0) is 26.3. The van der Waals surface area contributed by atoms with Crippen molar-refractivity contribution in [3.8, 4) is 11.3 Å². The fourth-order valence-corrected chi connectivity index (χ4v) is 5.51. The summed E-state index contributed by atoms with van der Waals surface area (Å²) in [5.41, 5.74) is 7.72. The van der Waals surface area contributed by atoms with E-state index in [2.05, 4.69) is 72.6 Å². The number of carbonyl (C=O) groups is 1. The van der Waals surface area contributed by atoms with Gasteiger partial charge < -0.3 is 20.0 Å². The third-order valence-corrected chi connectivity index (χ3v) is 7.63. The normalized spacial score (nSPS) is 15.6. The van der Waals surface area contributed by atoms with E-state index in [1.54, 1.807) is 16.9 Å². The largest absolute Gasteiger partial charge is 0.369 e. The van der Waals surface area contributed by atoms with Gasteiger partial charge in [-0.2, -0.15) is 10.2 Å². The monoisotopic (exact) mass is 519 g/mol. The van der Waals surface area contributed by atoms with Crippen LogP contribution in [-0.2, 0) is 13.1 Å². The number of likely N-dealkylation sites (N-methyl/N-ethyl adjacent to an activating group) is 1. The van der Waals surface area contributed by atoms with Gasteiger partial charge in [-0.3, -0.25) is 9.89 Å². The topological polar surface area (TPSA) is 97.7 Å². The van der Waals surface area contributed by atoms with Gasteiger partial charge in [0.1, 0.15) is 5.69 Å². The van der Waals surface area contributed by atoms with Gasteiger partial charge in [-0.15, -0.1) is 0 Å². The highest BCUT2D eigenvalue weighted by Crippen LogP contribution is 2.35. The van der Waals surface area contributed by atoms with E-state index in [1.165, 1.54) is 11.1 Å². The molecule has 39 heavy (non-hydrogen) atoms. The van der Waals surface area contributed by atoms with E-state index < -0.39 is 0 Å². The first kappa shape index (κ1) is 23.4. The average Bonchev–Trinajstić information content (AvgIpc) is 3.71. The molecular formula is C29H29N9O. The van der Waals surface area contributed by atoms with Gasteiger partial charge in [-0.1, -0.05) is 30.3 Å². The van der Waals surface area contributed by atoms with Gasteiger partial charge in [0, 0.05) is 68.6 Å². The first-order valence-corrected chi connectivity index (χ1v) is 13.2. The lowest BCUT2D eigenvalue weighted by molar-refractivity contribution is 0.102. The molecule has 0 spiro atoms. The second kappa shape index (κ2) is 9.55. The van der Waals surface area contributed by atoms with Crippen molar-refractivity contribution in [3.63, 3.8) is 0 Å². The van der Waals surface area contributed by atoms with E-state index >= 15 is 0 Å². The molecule has 2 aliphatic heterocycles. The van der Waals surface area contributed by atoms with Gasteiger partial charge in [0.15, 0.2) is 11.3 Å². The van der Waals surface area contributed by atoms with Crippen LogP contribution in [0, 0.1) is 0 Å². The van der Waals surface area contributed by atoms with Gasteiger partial charge in [0.2, 0.25) is 0 Å². The quantitative estimate of drug-likeness (QED) is 0.366. The molecule has 1 amide bonds. The number of hydrogen-bond acceptors (Lipinski definition) is 7. The number of carbonyl (C=O) groups excluding carboxylic acids is 1. The lowest BCUT2D eigenvalue weighted by Gasteiger charge is -2.34. The van der Waals surface area contributed by atoms with E-state index in [0.29, 0.717) is 24.4 Å². The summed E-state index contributed by atoms with van der Waals surface area (Å²) in [4.78, 5) is 25.4. The average molecular weight is 520 g/mol. The summed E-state index contributed by atoms with van der Waals surface area (Å²) in [7, 11) is 2.14. The molecule has 0 saturated carbocycles. The number of H-pyrrole nitrogens is 1. The minimum absolute atomic E-state index is 0.264. The van der Waals surface area contributed by atoms with Gasteiger partial charge in [-0.05, 0) is 42.4 Å². The number of nitrogens with one attached hydrogen (secondary N) is 2. The maximum atomic E-state index is 13.9. The number of aromatic nitrogens is 5. The Morgan fingerprint density at radius 1 is 0.949 bits per heavy atom. The number of hydrogen-bond donors (Lipinski definition) is 2. The molecule has 0 bridgehead atoms. The number of piperazine rings is 1. The summed E-state index contributed by atoms with van der Waals surface area (Å²) in [6.45, 7) is 5.34. The van der Waals surface area contributed by atoms with Crippen LogP contribution < -0.4 is 15.1 Å². The molecule has 2 aromatic carbocycles. The van der Waals surface area contributed by atoms with Crippen LogP contribution in [0.5, 0.6) is 0 Å². The van der Waals surface area contributed by atoms with Crippen molar-refractivity contribution in [2.45, 2.75) is 13.1 Å². The third kappa shape index (κ3) is 4.28. The Bertz CT molecular complexity index is 1630. The molecule has 0 radical (unpaired) electrons. The second-order valence-corrected chi connectivity index (χ2v) is 10.2. The minimum Gasteiger partial charge on any atom is -0.369 e. The minimum atomic E-state index is -0.264. The number of aromatic amines is 1. The Morgan fingerprint density at radius 2 is 1.74 bits per heavy atom. The van der Waals surface area contributed by atoms with Gasteiger partial charge in [0.25, 0.3) is 5.91 Å². The Kier molecular flexibility index (Phi) is 5.74. The molecule has 10 nitrogen and oxygen atoms in total. The molecule has 1 fully saturated rings. The summed E-state index contributed by atoms with van der Waals surface area (Å²) in [6, 6.07) is 18.3. The van der Waals surface area contributed by atoms with Crippen molar-refractivity contribution in [1.29, 1.82) is 0 Å². The lowest BCUT2D eigenvalue weighted by atomic mass is 10.1. The zero-order valence-corrected chi connectivity index (χ0v) is 21.7. The number of nitrogens with zero attached hydrogens (tertiary/aromatic N) is 7. The van der Waals surface area contributed by atoms with Crippen molar-refractivity contribution in [2.75, 3.05) is 48.3 Å². The maximum absolute atomic E-state index is 13.9. The van der Waals surface area contributed by atoms with Crippen LogP contribution >= 0.6 is 0 Å². The summed E-state index contributed by atoms with van der Waals surface area (Å²) < 4.78 is 1.75. The molecule has 0 aliphatic carbocycles. The summed E-state index contributed by atoms with van der Waals surface area (Å²) >= 11 is 0. The van der Waals surface area contributed by atoms with Crippen LogP contribution in [0.2, 0.25) is 0 Å². The summed E-state index contributed by atoms with van der Waals surface area (Å²) in [5.74, 6) is -0.264. The number of amides is 1. The number of anilines is 3. The van der Waals surface area contributed by atoms with E-state index in [-0.39, 0.29) is 5.91 Å². The molecule has 10 heteroatoms. The van der Waals surface area contributed by atoms with E-state index in [9.17, 15) is 4.79 Å². The number of rotatable bonds is 5. The predicted molar refractivity (Wildman–Crippen MR) is 151 cm³/mol. The van der Waals surface area contributed by atoms with Gasteiger partial charge in [-0.25, -0.2) is 9.50 Å². The van der Waals surface area contributed by atoms with Gasteiger partial charge >= 0.3 is 0 Å². The lowest BCUT2D eigenvalue weighted by Crippen LogP contribution is -2.44.